The average molecular weight is 239 g/mol. The van der Waals surface area contributed by atoms with E-state index < -0.39 is 10.8 Å². The molecule has 0 aromatic carbocycles. The van der Waals surface area contributed by atoms with Crippen LogP contribution in [0, 0.1) is 12.8 Å². The summed E-state index contributed by atoms with van der Waals surface area (Å²) in [5.74, 6) is 1.28. The zero-order chi connectivity index (χ0) is 11.4. The molecule has 0 aliphatic carbocycles. The van der Waals surface area contributed by atoms with Crippen LogP contribution in [0.2, 0.25) is 0 Å². The minimum absolute atomic E-state index is 0.559. The number of piperidine rings is 1. The van der Waals surface area contributed by atoms with Gasteiger partial charge in [0.05, 0.1) is 16.5 Å². The lowest BCUT2D eigenvalue weighted by molar-refractivity contribution is 0.405. The molecule has 2 rings (SSSR count). The van der Waals surface area contributed by atoms with Crippen LogP contribution in [0.4, 0.5) is 0 Å². The van der Waals surface area contributed by atoms with E-state index in [1.807, 2.05) is 6.92 Å². The second-order valence-corrected chi connectivity index (χ2v) is 5.56. The van der Waals surface area contributed by atoms with Crippen molar-refractivity contribution in [3.63, 3.8) is 0 Å². The number of nitrogens with one attached hydrogen (secondary N) is 1. The summed E-state index contributed by atoms with van der Waals surface area (Å²) >= 11 is 0. The van der Waals surface area contributed by atoms with Crippen molar-refractivity contribution >= 4 is 10.8 Å². The second-order valence-electron chi connectivity index (χ2n) is 4.15. The topological polar surface area (TPSA) is 54.9 Å². The Balaban J connectivity index is 2.00. The molecule has 0 saturated carbocycles. The van der Waals surface area contributed by atoms with E-state index in [1.54, 1.807) is 12.4 Å². The predicted molar refractivity (Wildman–Crippen MR) is 63.6 cm³/mol. The molecule has 0 bridgehead atoms. The summed E-state index contributed by atoms with van der Waals surface area (Å²) in [6.07, 6.45) is 5.49. The Hall–Kier alpha value is -0.810. The Bertz CT molecular complexity index is 377. The summed E-state index contributed by atoms with van der Waals surface area (Å²) in [6, 6.07) is 0. The molecule has 1 N–H and O–H groups in total. The zero-order valence-corrected chi connectivity index (χ0v) is 10.3. The van der Waals surface area contributed by atoms with Crippen molar-refractivity contribution in [1.29, 1.82) is 0 Å². The van der Waals surface area contributed by atoms with Crippen LogP contribution in [0.1, 0.15) is 18.5 Å². The van der Waals surface area contributed by atoms with Crippen molar-refractivity contribution in [2.75, 3.05) is 18.8 Å². The molecule has 1 aromatic heterocycles. The largest absolute Gasteiger partial charge is 0.317 e. The predicted octanol–water partition coefficient (Wildman–Crippen LogP) is 0.892. The number of aromatic nitrogens is 2. The number of hydrogen-bond donors (Lipinski definition) is 1. The Morgan fingerprint density at radius 3 is 2.75 bits per heavy atom. The first-order valence-electron chi connectivity index (χ1n) is 5.64. The minimum atomic E-state index is -0.994. The van der Waals surface area contributed by atoms with Crippen LogP contribution in [-0.4, -0.2) is 33.0 Å². The van der Waals surface area contributed by atoms with E-state index >= 15 is 0 Å². The van der Waals surface area contributed by atoms with Gasteiger partial charge in [-0.1, -0.05) is 0 Å². The van der Waals surface area contributed by atoms with E-state index in [0.29, 0.717) is 10.9 Å². The minimum Gasteiger partial charge on any atom is -0.317 e. The van der Waals surface area contributed by atoms with Crippen LogP contribution < -0.4 is 5.32 Å². The summed E-state index contributed by atoms with van der Waals surface area (Å²) in [4.78, 5) is 8.29. The van der Waals surface area contributed by atoms with Crippen molar-refractivity contribution in [2.24, 2.45) is 5.92 Å². The molecule has 88 valence electrons. The van der Waals surface area contributed by atoms with E-state index in [9.17, 15) is 4.21 Å². The van der Waals surface area contributed by atoms with Gasteiger partial charge in [0, 0.05) is 18.1 Å². The second kappa shape index (κ2) is 5.50. The first-order valence-corrected chi connectivity index (χ1v) is 6.96. The van der Waals surface area contributed by atoms with Gasteiger partial charge < -0.3 is 5.32 Å². The summed E-state index contributed by atoms with van der Waals surface area (Å²) in [5.41, 5.74) is 0.787. The molecule has 1 fully saturated rings. The molecule has 1 aliphatic heterocycles. The van der Waals surface area contributed by atoms with Gasteiger partial charge >= 0.3 is 0 Å². The third kappa shape index (κ3) is 2.86. The van der Waals surface area contributed by atoms with E-state index in [0.717, 1.165) is 37.4 Å². The van der Waals surface area contributed by atoms with Gasteiger partial charge in [0.15, 0.2) is 0 Å². The standard InChI is InChI=1S/C11H17N3OS/c1-9-11(14-7-6-13-9)16(15)8-10-2-4-12-5-3-10/h6-7,10,12H,2-5,8H2,1H3/t16-/m0/s1. The molecule has 0 amide bonds. The van der Waals surface area contributed by atoms with Crippen LogP contribution in [0.15, 0.2) is 17.4 Å². The molecule has 4 nitrogen and oxygen atoms in total. The van der Waals surface area contributed by atoms with Crippen LogP contribution in [-0.2, 0) is 10.8 Å². The van der Waals surface area contributed by atoms with Gasteiger partial charge in [-0.3, -0.25) is 9.19 Å². The number of aryl methyl sites for hydroxylation is 1. The van der Waals surface area contributed by atoms with Gasteiger partial charge in [-0.25, -0.2) is 4.98 Å². The fourth-order valence-corrected chi connectivity index (χ4v) is 3.44. The molecular weight excluding hydrogens is 222 g/mol. The summed E-state index contributed by atoms with van der Waals surface area (Å²) in [6.45, 7) is 3.95. The lowest BCUT2D eigenvalue weighted by Gasteiger charge is -2.21. The highest BCUT2D eigenvalue weighted by Crippen LogP contribution is 2.16. The van der Waals surface area contributed by atoms with Crippen molar-refractivity contribution in [2.45, 2.75) is 24.8 Å². The maximum Gasteiger partial charge on any atom is 0.148 e. The first kappa shape index (κ1) is 11.7. The monoisotopic (exact) mass is 239 g/mol. The Morgan fingerprint density at radius 2 is 2.06 bits per heavy atom. The summed E-state index contributed by atoms with van der Waals surface area (Å²) in [5, 5.41) is 3.97. The third-order valence-electron chi connectivity index (χ3n) is 2.90. The average Bonchev–Trinajstić information content (AvgIpc) is 2.31. The van der Waals surface area contributed by atoms with Crippen molar-refractivity contribution in [1.82, 2.24) is 15.3 Å². The fraction of sp³-hybridized carbons (Fsp3) is 0.636. The molecular formula is C11H17N3OS. The van der Waals surface area contributed by atoms with Crippen LogP contribution in [0.3, 0.4) is 0 Å². The smallest absolute Gasteiger partial charge is 0.148 e. The van der Waals surface area contributed by atoms with Gasteiger partial charge in [-0.15, -0.1) is 0 Å². The zero-order valence-electron chi connectivity index (χ0n) is 9.48. The number of hydrogen-bond acceptors (Lipinski definition) is 4. The lowest BCUT2D eigenvalue weighted by atomic mass is 10.0. The summed E-state index contributed by atoms with van der Waals surface area (Å²) < 4.78 is 12.1. The maximum absolute atomic E-state index is 12.1. The highest BCUT2D eigenvalue weighted by molar-refractivity contribution is 7.85. The summed E-state index contributed by atoms with van der Waals surface area (Å²) in [7, 11) is -0.994. The van der Waals surface area contributed by atoms with Gasteiger partial charge in [-0.05, 0) is 38.8 Å². The van der Waals surface area contributed by atoms with Crippen molar-refractivity contribution in [3.8, 4) is 0 Å². The normalized spacial score (nSPS) is 19.6. The van der Waals surface area contributed by atoms with Crippen molar-refractivity contribution in [3.05, 3.63) is 18.1 Å². The molecule has 0 radical (unpaired) electrons. The molecule has 16 heavy (non-hydrogen) atoms. The number of rotatable bonds is 3. The Kier molecular flexibility index (Phi) is 4.01. The molecule has 0 spiro atoms. The molecule has 2 heterocycles. The van der Waals surface area contributed by atoms with E-state index in [4.69, 9.17) is 0 Å². The van der Waals surface area contributed by atoms with Gasteiger partial charge in [0.1, 0.15) is 5.03 Å². The fourth-order valence-electron chi connectivity index (χ4n) is 1.96. The lowest BCUT2D eigenvalue weighted by Crippen LogP contribution is -2.30. The quantitative estimate of drug-likeness (QED) is 0.851. The van der Waals surface area contributed by atoms with Crippen LogP contribution in [0.25, 0.3) is 0 Å². The maximum atomic E-state index is 12.1. The third-order valence-corrected chi connectivity index (χ3v) is 4.50. The van der Waals surface area contributed by atoms with E-state index in [2.05, 4.69) is 15.3 Å². The van der Waals surface area contributed by atoms with Crippen LogP contribution >= 0.6 is 0 Å². The molecule has 1 aliphatic rings. The highest BCUT2D eigenvalue weighted by Gasteiger charge is 2.18. The molecule has 0 unspecified atom stereocenters. The van der Waals surface area contributed by atoms with E-state index in [-0.39, 0.29) is 0 Å². The first-order chi connectivity index (χ1) is 7.77. The molecule has 5 heteroatoms. The Labute approximate surface area is 98.3 Å². The van der Waals surface area contributed by atoms with Crippen molar-refractivity contribution < 1.29 is 4.21 Å². The highest BCUT2D eigenvalue weighted by atomic mass is 32.2. The molecule has 1 saturated heterocycles. The van der Waals surface area contributed by atoms with Gasteiger partial charge in [0.25, 0.3) is 0 Å². The van der Waals surface area contributed by atoms with Crippen LogP contribution in [0.5, 0.6) is 0 Å². The van der Waals surface area contributed by atoms with Gasteiger partial charge in [0.2, 0.25) is 0 Å². The number of nitrogens with zero attached hydrogens (tertiary/aromatic N) is 2. The van der Waals surface area contributed by atoms with Gasteiger partial charge in [-0.2, -0.15) is 0 Å². The molecule has 1 atom stereocenters. The van der Waals surface area contributed by atoms with E-state index in [1.165, 1.54) is 0 Å². The SMILES string of the molecule is Cc1nccnc1[S@@](=O)CC1CCNCC1. The molecule has 1 aromatic rings. The Morgan fingerprint density at radius 1 is 1.38 bits per heavy atom.